The van der Waals surface area contributed by atoms with Gasteiger partial charge in [0.2, 0.25) is 0 Å². The number of carboxylic acid groups (broad SMARTS) is 1. The molecule has 2 aliphatic rings. The van der Waals surface area contributed by atoms with Crippen molar-refractivity contribution in [2.24, 2.45) is 5.92 Å². The van der Waals surface area contributed by atoms with Crippen molar-refractivity contribution in [2.45, 2.75) is 25.2 Å². The van der Waals surface area contributed by atoms with Crippen LogP contribution >= 0.6 is 0 Å². The molecule has 21 heavy (non-hydrogen) atoms. The molecular weight excluding hydrogens is 268 g/mol. The zero-order valence-electron chi connectivity index (χ0n) is 12.2. The number of nitrogens with zero attached hydrogens (tertiary/aromatic N) is 2. The second-order valence-electron chi connectivity index (χ2n) is 6.00. The summed E-state index contributed by atoms with van der Waals surface area (Å²) in [6.07, 6.45) is 2.87. The van der Waals surface area contributed by atoms with Gasteiger partial charge in [0.1, 0.15) is 0 Å². The number of amides is 2. The molecule has 0 aromatic heterocycles. The Morgan fingerprint density at radius 2 is 2.00 bits per heavy atom. The molecule has 5 heteroatoms. The predicted molar refractivity (Wildman–Crippen MR) is 79.5 cm³/mol. The van der Waals surface area contributed by atoms with Gasteiger partial charge in [-0.25, -0.2) is 4.79 Å². The van der Waals surface area contributed by atoms with Gasteiger partial charge in [-0.3, -0.25) is 9.69 Å². The molecule has 1 aromatic rings. The summed E-state index contributed by atoms with van der Waals surface area (Å²) in [4.78, 5) is 27.5. The molecule has 0 saturated heterocycles. The summed E-state index contributed by atoms with van der Waals surface area (Å²) in [6.45, 7) is 1.25. The minimum absolute atomic E-state index is 0.0295. The first kappa shape index (κ1) is 13.9. The molecule has 1 heterocycles. The van der Waals surface area contributed by atoms with E-state index in [9.17, 15) is 14.7 Å². The number of carboxylic acids is 1. The van der Waals surface area contributed by atoms with E-state index in [1.54, 1.807) is 9.80 Å². The lowest BCUT2D eigenvalue weighted by Crippen LogP contribution is -2.45. The molecule has 1 aliphatic heterocycles. The number of para-hydroxylation sites is 1. The van der Waals surface area contributed by atoms with Gasteiger partial charge in [0.25, 0.3) is 0 Å². The molecule has 3 rings (SSSR count). The second kappa shape index (κ2) is 5.39. The summed E-state index contributed by atoms with van der Waals surface area (Å²) >= 11 is 0. The molecule has 112 valence electrons. The molecule has 1 saturated carbocycles. The van der Waals surface area contributed by atoms with E-state index in [1.807, 2.05) is 31.3 Å². The van der Waals surface area contributed by atoms with Crippen LogP contribution in [-0.2, 0) is 4.79 Å². The number of rotatable bonds is 3. The Bertz CT molecular complexity index is 568. The van der Waals surface area contributed by atoms with Crippen molar-refractivity contribution < 1.29 is 14.7 Å². The summed E-state index contributed by atoms with van der Waals surface area (Å²) in [5.41, 5.74) is 1.48. The van der Waals surface area contributed by atoms with Crippen LogP contribution in [0.1, 0.15) is 30.7 Å². The molecule has 0 spiro atoms. The SMILES string of the molecule is CN(CC1CC1)C(=O)N1CCC(C(=O)O)c2ccccc21. The smallest absolute Gasteiger partial charge is 0.324 e. The van der Waals surface area contributed by atoms with Crippen LogP contribution in [0.3, 0.4) is 0 Å². The van der Waals surface area contributed by atoms with Gasteiger partial charge in [-0.1, -0.05) is 18.2 Å². The Hall–Kier alpha value is -2.04. The fourth-order valence-corrected chi connectivity index (χ4v) is 2.99. The van der Waals surface area contributed by atoms with Crippen molar-refractivity contribution in [1.82, 2.24) is 4.90 Å². The van der Waals surface area contributed by atoms with Crippen molar-refractivity contribution in [3.05, 3.63) is 29.8 Å². The van der Waals surface area contributed by atoms with Crippen LogP contribution in [0.5, 0.6) is 0 Å². The number of fused-ring (bicyclic) bond motifs is 1. The van der Waals surface area contributed by atoms with E-state index in [1.165, 1.54) is 12.8 Å². The molecule has 1 unspecified atom stereocenters. The maximum atomic E-state index is 12.6. The van der Waals surface area contributed by atoms with Gasteiger partial charge >= 0.3 is 12.0 Å². The van der Waals surface area contributed by atoms with Crippen LogP contribution < -0.4 is 4.90 Å². The highest BCUT2D eigenvalue weighted by atomic mass is 16.4. The first-order valence-electron chi connectivity index (χ1n) is 7.42. The summed E-state index contributed by atoms with van der Waals surface area (Å²) in [5.74, 6) is -0.689. The van der Waals surface area contributed by atoms with Gasteiger partial charge in [0.05, 0.1) is 5.92 Å². The number of aliphatic carboxylic acids is 1. The fraction of sp³-hybridized carbons (Fsp3) is 0.500. The van der Waals surface area contributed by atoms with Gasteiger partial charge < -0.3 is 10.0 Å². The number of carbonyl (C=O) groups excluding carboxylic acids is 1. The monoisotopic (exact) mass is 288 g/mol. The van der Waals surface area contributed by atoms with Gasteiger partial charge in [0.15, 0.2) is 0 Å². The normalized spacial score (nSPS) is 20.8. The van der Waals surface area contributed by atoms with E-state index in [0.29, 0.717) is 18.9 Å². The molecule has 1 atom stereocenters. The highest BCUT2D eigenvalue weighted by Gasteiger charge is 2.34. The number of anilines is 1. The first-order valence-corrected chi connectivity index (χ1v) is 7.42. The standard InChI is InChI=1S/C16H20N2O3/c1-17(10-11-6-7-11)16(21)18-9-8-13(15(19)20)12-4-2-3-5-14(12)18/h2-5,11,13H,6-10H2,1H3,(H,19,20). The number of hydrogen-bond donors (Lipinski definition) is 1. The first-order chi connectivity index (χ1) is 10.1. The average Bonchev–Trinajstić information content (AvgIpc) is 3.29. The van der Waals surface area contributed by atoms with Gasteiger partial charge in [-0.05, 0) is 36.8 Å². The van der Waals surface area contributed by atoms with E-state index in [0.717, 1.165) is 17.8 Å². The quantitative estimate of drug-likeness (QED) is 0.929. The zero-order valence-corrected chi connectivity index (χ0v) is 12.2. The van der Waals surface area contributed by atoms with E-state index in [-0.39, 0.29) is 6.03 Å². The highest BCUT2D eigenvalue weighted by Crippen LogP contribution is 2.36. The fourth-order valence-electron chi connectivity index (χ4n) is 2.99. The third kappa shape index (κ3) is 2.73. The Labute approximate surface area is 124 Å². The van der Waals surface area contributed by atoms with Crippen molar-refractivity contribution in [2.75, 3.05) is 25.0 Å². The zero-order chi connectivity index (χ0) is 15.0. The summed E-state index contributed by atoms with van der Waals surface area (Å²) < 4.78 is 0. The number of benzene rings is 1. The Morgan fingerprint density at radius 1 is 1.29 bits per heavy atom. The summed E-state index contributed by atoms with van der Waals surface area (Å²) in [6, 6.07) is 7.31. The molecule has 1 fully saturated rings. The number of hydrogen-bond acceptors (Lipinski definition) is 2. The minimum Gasteiger partial charge on any atom is -0.481 e. The van der Waals surface area contributed by atoms with E-state index in [2.05, 4.69) is 0 Å². The number of urea groups is 1. The molecule has 1 aliphatic carbocycles. The Kier molecular flexibility index (Phi) is 3.57. The maximum Gasteiger partial charge on any atom is 0.324 e. The van der Waals surface area contributed by atoms with Gasteiger partial charge in [0, 0.05) is 25.8 Å². The molecular formula is C16H20N2O3. The lowest BCUT2D eigenvalue weighted by molar-refractivity contribution is -0.139. The van der Waals surface area contributed by atoms with Crippen LogP contribution in [0.25, 0.3) is 0 Å². The average molecular weight is 288 g/mol. The Balaban J connectivity index is 1.84. The van der Waals surface area contributed by atoms with Crippen molar-refractivity contribution in [1.29, 1.82) is 0 Å². The summed E-state index contributed by atoms with van der Waals surface area (Å²) in [5, 5.41) is 9.33. The Morgan fingerprint density at radius 3 is 2.67 bits per heavy atom. The predicted octanol–water partition coefficient (Wildman–Crippen LogP) is 2.53. The minimum atomic E-state index is -0.819. The van der Waals surface area contributed by atoms with Gasteiger partial charge in [-0.2, -0.15) is 0 Å². The molecule has 1 aromatic carbocycles. The lowest BCUT2D eigenvalue weighted by Gasteiger charge is -2.35. The highest BCUT2D eigenvalue weighted by molar-refractivity contribution is 5.95. The maximum absolute atomic E-state index is 12.6. The van der Waals surface area contributed by atoms with E-state index < -0.39 is 11.9 Å². The topological polar surface area (TPSA) is 60.9 Å². The molecule has 2 amide bonds. The molecule has 1 N–H and O–H groups in total. The van der Waals surface area contributed by atoms with E-state index in [4.69, 9.17) is 0 Å². The third-order valence-electron chi connectivity index (χ3n) is 4.33. The second-order valence-corrected chi connectivity index (χ2v) is 6.00. The van der Waals surface area contributed by atoms with Crippen LogP contribution in [0.2, 0.25) is 0 Å². The number of carbonyl (C=O) groups is 2. The molecule has 0 radical (unpaired) electrons. The molecule has 5 nitrogen and oxygen atoms in total. The largest absolute Gasteiger partial charge is 0.481 e. The van der Waals surface area contributed by atoms with Crippen molar-refractivity contribution >= 4 is 17.7 Å². The van der Waals surface area contributed by atoms with Gasteiger partial charge in [-0.15, -0.1) is 0 Å². The lowest BCUT2D eigenvalue weighted by atomic mass is 9.90. The summed E-state index contributed by atoms with van der Waals surface area (Å²) in [7, 11) is 1.83. The third-order valence-corrected chi connectivity index (χ3v) is 4.33. The van der Waals surface area contributed by atoms with Crippen molar-refractivity contribution in [3.8, 4) is 0 Å². The van der Waals surface area contributed by atoms with Crippen LogP contribution in [0.4, 0.5) is 10.5 Å². The van der Waals surface area contributed by atoms with E-state index >= 15 is 0 Å². The van der Waals surface area contributed by atoms with Crippen LogP contribution in [-0.4, -0.2) is 42.1 Å². The molecule has 0 bridgehead atoms. The van der Waals surface area contributed by atoms with Crippen molar-refractivity contribution in [3.63, 3.8) is 0 Å². The van der Waals surface area contributed by atoms with Crippen LogP contribution in [0.15, 0.2) is 24.3 Å². The van der Waals surface area contributed by atoms with Crippen LogP contribution in [0, 0.1) is 5.92 Å².